The van der Waals surface area contributed by atoms with Gasteiger partial charge in [-0.2, -0.15) is 0 Å². The number of aryl methyl sites for hydroxylation is 1. The number of carbonyl (C=O) groups excluding carboxylic acids is 2. The zero-order valence-electron chi connectivity index (χ0n) is 18.8. The minimum Gasteiger partial charge on any atom is -0.347 e. The highest BCUT2D eigenvalue weighted by atomic mass is 16.2. The number of fused-ring (bicyclic) bond motifs is 1. The van der Waals surface area contributed by atoms with Crippen LogP contribution in [0.5, 0.6) is 0 Å². The molecule has 1 spiro atoms. The number of nitrogens with zero attached hydrogens (tertiary/aromatic N) is 4. The van der Waals surface area contributed by atoms with E-state index in [-0.39, 0.29) is 23.3 Å². The highest BCUT2D eigenvalue weighted by Crippen LogP contribution is 2.41. The summed E-state index contributed by atoms with van der Waals surface area (Å²) in [6.45, 7) is 2.37. The molecule has 1 saturated carbocycles. The standard InChI is InChI=1S/C25H33N5O2/c31-22(17-19-7-3-1-4-8-19)29-15-13-25(18-29)12-11-21-27-28-23(30(21)16-14-25)24(32)26-20-9-5-2-6-10-20/h1,3-4,7-8,20H,2,5-6,9-18H2,(H,26,32)/t25-/m0/s1. The quantitative estimate of drug-likeness (QED) is 0.800. The first-order chi connectivity index (χ1) is 15.6. The Labute approximate surface area is 189 Å². The van der Waals surface area contributed by atoms with Crippen LogP contribution < -0.4 is 5.32 Å². The SMILES string of the molecule is O=C(NC1CCCCC1)c1nnc2n1CC[C@]1(CC2)CCN(C(=O)Cc2ccccc2)C1. The van der Waals surface area contributed by atoms with Crippen molar-refractivity contribution in [2.24, 2.45) is 5.41 Å². The summed E-state index contributed by atoms with van der Waals surface area (Å²) in [5, 5.41) is 11.8. The van der Waals surface area contributed by atoms with Crippen LogP contribution in [0.25, 0.3) is 0 Å². The fourth-order valence-electron chi connectivity index (χ4n) is 5.71. The Hall–Kier alpha value is -2.70. The fraction of sp³-hybridized carbons (Fsp3) is 0.600. The zero-order valence-corrected chi connectivity index (χ0v) is 18.8. The summed E-state index contributed by atoms with van der Waals surface area (Å²) in [4.78, 5) is 27.8. The van der Waals surface area contributed by atoms with Gasteiger partial charge in [-0.1, -0.05) is 49.6 Å². The number of likely N-dealkylation sites (tertiary alicyclic amines) is 1. The monoisotopic (exact) mass is 435 g/mol. The molecule has 1 aromatic heterocycles. The molecule has 1 saturated heterocycles. The van der Waals surface area contributed by atoms with Gasteiger partial charge in [0.05, 0.1) is 6.42 Å². The van der Waals surface area contributed by atoms with Crippen LogP contribution >= 0.6 is 0 Å². The maximum atomic E-state index is 12.9. The van der Waals surface area contributed by atoms with Crippen molar-refractivity contribution >= 4 is 11.8 Å². The number of benzene rings is 1. The second-order valence-corrected chi connectivity index (χ2v) is 9.88. The topological polar surface area (TPSA) is 80.1 Å². The van der Waals surface area contributed by atoms with Gasteiger partial charge < -0.3 is 14.8 Å². The van der Waals surface area contributed by atoms with Crippen LogP contribution in [-0.4, -0.2) is 50.6 Å². The van der Waals surface area contributed by atoms with Crippen LogP contribution in [0.3, 0.4) is 0 Å². The van der Waals surface area contributed by atoms with E-state index in [1.165, 1.54) is 19.3 Å². The highest BCUT2D eigenvalue weighted by Gasteiger charge is 2.41. The molecule has 32 heavy (non-hydrogen) atoms. The Balaban J connectivity index is 1.21. The summed E-state index contributed by atoms with van der Waals surface area (Å²) in [6, 6.07) is 10.2. The molecule has 170 valence electrons. The largest absolute Gasteiger partial charge is 0.347 e. The molecular formula is C25H33N5O2. The molecule has 2 aromatic rings. The molecule has 3 heterocycles. The van der Waals surface area contributed by atoms with Crippen molar-refractivity contribution < 1.29 is 9.59 Å². The molecule has 1 N–H and O–H groups in total. The van der Waals surface area contributed by atoms with Gasteiger partial charge in [-0.15, -0.1) is 10.2 Å². The molecule has 1 aliphatic carbocycles. The second kappa shape index (κ2) is 9.04. The van der Waals surface area contributed by atoms with Gasteiger partial charge in [0, 0.05) is 32.1 Å². The summed E-state index contributed by atoms with van der Waals surface area (Å²) < 4.78 is 2.03. The van der Waals surface area contributed by atoms with Gasteiger partial charge in [0.2, 0.25) is 11.7 Å². The van der Waals surface area contributed by atoms with E-state index < -0.39 is 0 Å². The molecule has 2 fully saturated rings. The predicted octanol–water partition coefficient (Wildman–Crippen LogP) is 3.14. The first kappa shape index (κ1) is 21.2. The van der Waals surface area contributed by atoms with E-state index in [1.807, 2.05) is 39.8 Å². The van der Waals surface area contributed by atoms with Gasteiger partial charge in [0.1, 0.15) is 5.82 Å². The van der Waals surface area contributed by atoms with Crippen LogP contribution in [-0.2, 0) is 24.2 Å². The number of carbonyl (C=O) groups is 2. The molecule has 2 aliphatic heterocycles. The average Bonchev–Trinajstić information content (AvgIpc) is 3.38. The summed E-state index contributed by atoms with van der Waals surface area (Å²) >= 11 is 0. The molecule has 7 nitrogen and oxygen atoms in total. The van der Waals surface area contributed by atoms with Crippen molar-refractivity contribution in [3.05, 3.63) is 47.5 Å². The van der Waals surface area contributed by atoms with Gasteiger partial charge in [-0.3, -0.25) is 9.59 Å². The minimum absolute atomic E-state index is 0.0855. The Morgan fingerprint density at radius 3 is 2.59 bits per heavy atom. The van der Waals surface area contributed by atoms with E-state index in [0.29, 0.717) is 12.2 Å². The molecule has 0 bridgehead atoms. The molecule has 0 radical (unpaired) electrons. The maximum Gasteiger partial charge on any atom is 0.289 e. The number of hydrogen-bond acceptors (Lipinski definition) is 4. The van der Waals surface area contributed by atoms with Gasteiger partial charge in [-0.25, -0.2) is 0 Å². The lowest BCUT2D eigenvalue weighted by Crippen LogP contribution is -2.37. The van der Waals surface area contributed by atoms with E-state index >= 15 is 0 Å². The normalized spacial score (nSPS) is 23.7. The smallest absolute Gasteiger partial charge is 0.289 e. The molecular weight excluding hydrogens is 402 g/mol. The third-order valence-electron chi connectivity index (χ3n) is 7.70. The number of rotatable bonds is 4. The van der Waals surface area contributed by atoms with E-state index in [9.17, 15) is 9.59 Å². The summed E-state index contributed by atoms with van der Waals surface area (Å²) in [5.74, 6) is 1.49. The summed E-state index contributed by atoms with van der Waals surface area (Å²) in [5.41, 5.74) is 1.18. The van der Waals surface area contributed by atoms with Crippen molar-refractivity contribution in [1.29, 1.82) is 0 Å². The number of amides is 2. The van der Waals surface area contributed by atoms with Crippen LogP contribution in [0.1, 0.15) is 73.4 Å². The van der Waals surface area contributed by atoms with E-state index in [0.717, 1.165) is 69.5 Å². The van der Waals surface area contributed by atoms with Gasteiger partial charge >= 0.3 is 0 Å². The van der Waals surface area contributed by atoms with Crippen LogP contribution in [0.15, 0.2) is 30.3 Å². The predicted molar refractivity (Wildman–Crippen MR) is 121 cm³/mol. The molecule has 0 unspecified atom stereocenters. The number of hydrogen-bond donors (Lipinski definition) is 1. The van der Waals surface area contributed by atoms with Crippen molar-refractivity contribution in [3.63, 3.8) is 0 Å². The Bertz CT molecular complexity index is 966. The maximum absolute atomic E-state index is 12.9. The van der Waals surface area contributed by atoms with Crippen LogP contribution in [0, 0.1) is 5.41 Å². The lowest BCUT2D eigenvalue weighted by molar-refractivity contribution is -0.129. The van der Waals surface area contributed by atoms with E-state index in [2.05, 4.69) is 15.5 Å². The van der Waals surface area contributed by atoms with Crippen molar-refractivity contribution in [3.8, 4) is 0 Å². The Morgan fingerprint density at radius 1 is 1.00 bits per heavy atom. The first-order valence-electron chi connectivity index (χ1n) is 12.2. The third-order valence-corrected chi connectivity index (χ3v) is 7.70. The van der Waals surface area contributed by atoms with E-state index in [1.54, 1.807) is 0 Å². The minimum atomic E-state index is -0.0855. The van der Waals surface area contributed by atoms with Gasteiger partial charge in [-0.05, 0) is 43.1 Å². The van der Waals surface area contributed by atoms with Crippen molar-refractivity contribution in [2.75, 3.05) is 13.1 Å². The lowest BCUT2D eigenvalue weighted by atomic mass is 9.80. The zero-order chi connectivity index (χ0) is 22.0. The Morgan fingerprint density at radius 2 is 1.78 bits per heavy atom. The van der Waals surface area contributed by atoms with Crippen LogP contribution in [0.4, 0.5) is 0 Å². The van der Waals surface area contributed by atoms with Gasteiger partial charge in [0.25, 0.3) is 5.91 Å². The lowest BCUT2D eigenvalue weighted by Gasteiger charge is -2.27. The van der Waals surface area contributed by atoms with E-state index in [4.69, 9.17) is 0 Å². The third kappa shape index (κ3) is 4.43. The molecule has 3 aliphatic rings. The molecule has 7 heteroatoms. The Kier molecular flexibility index (Phi) is 5.98. The summed E-state index contributed by atoms with van der Waals surface area (Å²) in [7, 11) is 0. The molecule has 5 rings (SSSR count). The first-order valence-corrected chi connectivity index (χ1v) is 12.2. The molecule has 2 amide bonds. The molecule has 1 aromatic carbocycles. The van der Waals surface area contributed by atoms with Crippen LogP contribution in [0.2, 0.25) is 0 Å². The van der Waals surface area contributed by atoms with Crippen molar-refractivity contribution in [2.45, 2.75) is 76.8 Å². The average molecular weight is 436 g/mol. The molecule has 1 atom stereocenters. The van der Waals surface area contributed by atoms with Crippen molar-refractivity contribution in [1.82, 2.24) is 25.0 Å². The fourth-order valence-corrected chi connectivity index (χ4v) is 5.71. The summed E-state index contributed by atoms with van der Waals surface area (Å²) in [6.07, 6.45) is 10.00. The van der Waals surface area contributed by atoms with Gasteiger partial charge in [0.15, 0.2) is 0 Å². The number of aromatic nitrogens is 3. The number of nitrogens with one attached hydrogen (secondary N) is 1. The highest BCUT2D eigenvalue weighted by molar-refractivity contribution is 5.91. The second-order valence-electron chi connectivity index (χ2n) is 9.88.